The summed E-state index contributed by atoms with van der Waals surface area (Å²) in [7, 11) is 0. The normalized spacial score (nSPS) is 14.9. The Morgan fingerprint density at radius 2 is 1.87 bits per heavy atom. The first-order chi connectivity index (χ1) is 7.12. The lowest BCUT2D eigenvalue weighted by Crippen LogP contribution is -2.22. The Hall–Kier alpha value is -1.06. The van der Waals surface area contributed by atoms with Gasteiger partial charge in [-0.3, -0.25) is 0 Å². The van der Waals surface area contributed by atoms with Crippen molar-refractivity contribution < 1.29 is 9.52 Å². The van der Waals surface area contributed by atoms with Crippen molar-refractivity contribution in [1.29, 1.82) is 0 Å². The SMILES string of the molecule is CC(O)(c1ccccc1)c1occc1Br. The van der Waals surface area contributed by atoms with E-state index in [0.29, 0.717) is 5.76 Å². The molecule has 0 bridgehead atoms. The fraction of sp³-hybridized carbons (Fsp3) is 0.167. The minimum absolute atomic E-state index is 0.522. The molecule has 15 heavy (non-hydrogen) atoms. The molecular formula is C12H11BrO2. The molecule has 3 heteroatoms. The molecule has 1 aromatic heterocycles. The van der Waals surface area contributed by atoms with Gasteiger partial charge in [-0.15, -0.1) is 0 Å². The zero-order valence-corrected chi connectivity index (χ0v) is 9.86. The molecule has 78 valence electrons. The predicted molar refractivity (Wildman–Crippen MR) is 61.5 cm³/mol. The molecule has 1 aromatic carbocycles. The average molecular weight is 267 g/mol. The lowest BCUT2D eigenvalue weighted by molar-refractivity contribution is 0.0758. The number of halogens is 1. The summed E-state index contributed by atoms with van der Waals surface area (Å²) in [5, 5.41) is 10.4. The van der Waals surface area contributed by atoms with E-state index >= 15 is 0 Å². The van der Waals surface area contributed by atoms with Crippen molar-refractivity contribution in [2.45, 2.75) is 12.5 Å². The number of benzene rings is 1. The highest BCUT2D eigenvalue weighted by atomic mass is 79.9. The number of aliphatic hydroxyl groups is 1. The Balaban J connectivity index is 2.48. The molecule has 1 N–H and O–H groups in total. The molecule has 2 rings (SSSR count). The molecule has 1 atom stereocenters. The maximum Gasteiger partial charge on any atom is 0.153 e. The molecule has 0 amide bonds. The minimum Gasteiger partial charge on any atom is -0.465 e. The highest BCUT2D eigenvalue weighted by molar-refractivity contribution is 9.10. The molecule has 0 spiro atoms. The molecule has 0 saturated heterocycles. The number of rotatable bonds is 2. The van der Waals surface area contributed by atoms with Crippen LogP contribution in [-0.4, -0.2) is 5.11 Å². The summed E-state index contributed by atoms with van der Waals surface area (Å²) >= 11 is 3.35. The second kappa shape index (κ2) is 3.83. The summed E-state index contributed by atoms with van der Waals surface area (Å²) in [5.74, 6) is 0.522. The third-order valence-corrected chi connectivity index (χ3v) is 3.02. The topological polar surface area (TPSA) is 33.4 Å². The maximum absolute atomic E-state index is 10.4. The van der Waals surface area contributed by atoms with Gasteiger partial charge in [0.05, 0.1) is 10.7 Å². The standard InChI is InChI=1S/C12H11BrO2/c1-12(14,9-5-3-2-4-6-9)11-10(13)7-8-15-11/h2-8,14H,1H3. The molecular weight excluding hydrogens is 256 g/mol. The predicted octanol–water partition coefficient (Wildman–Crippen LogP) is 3.30. The Morgan fingerprint density at radius 1 is 1.20 bits per heavy atom. The monoisotopic (exact) mass is 266 g/mol. The molecule has 0 fully saturated rings. The third-order valence-electron chi connectivity index (χ3n) is 2.40. The number of hydrogen-bond acceptors (Lipinski definition) is 2. The van der Waals surface area contributed by atoms with Crippen LogP contribution >= 0.6 is 15.9 Å². The van der Waals surface area contributed by atoms with Crippen LogP contribution < -0.4 is 0 Å². The van der Waals surface area contributed by atoms with E-state index in [1.54, 1.807) is 19.3 Å². The van der Waals surface area contributed by atoms with E-state index in [1.807, 2.05) is 30.3 Å². The first-order valence-electron chi connectivity index (χ1n) is 4.64. The van der Waals surface area contributed by atoms with Gasteiger partial charge in [-0.2, -0.15) is 0 Å². The highest BCUT2D eigenvalue weighted by Gasteiger charge is 2.30. The van der Waals surface area contributed by atoms with E-state index in [-0.39, 0.29) is 0 Å². The van der Waals surface area contributed by atoms with E-state index in [4.69, 9.17) is 4.42 Å². The summed E-state index contributed by atoms with van der Waals surface area (Å²) in [5.41, 5.74) is -0.301. The van der Waals surface area contributed by atoms with E-state index in [2.05, 4.69) is 15.9 Å². The summed E-state index contributed by atoms with van der Waals surface area (Å²) in [6.07, 6.45) is 1.55. The van der Waals surface area contributed by atoms with Crippen molar-refractivity contribution >= 4 is 15.9 Å². The maximum atomic E-state index is 10.4. The summed E-state index contributed by atoms with van der Waals surface area (Å²) in [4.78, 5) is 0. The van der Waals surface area contributed by atoms with Crippen molar-refractivity contribution in [3.8, 4) is 0 Å². The van der Waals surface area contributed by atoms with Crippen molar-refractivity contribution in [2.24, 2.45) is 0 Å². The molecule has 0 aliphatic carbocycles. The van der Waals surface area contributed by atoms with Crippen molar-refractivity contribution in [3.63, 3.8) is 0 Å². The molecule has 2 aromatic rings. The van der Waals surface area contributed by atoms with Crippen molar-refractivity contribution in [2.75, 3.05) is 0 Å². The lowest BCUT2D eigenvalue weighted by atomic mass is 9.93. The van der Waals surface area contributed by atoms with Crippen molar-refractivity contribution in [1.82, 2.24) is 0 Å². The van der Waals surface area contributed by atoms with Gasteiger partial charge in [0, 0.05) is 0 Å². The molecule has 1 heterocycles. The van der Waals surface area contributed by atoms with Crippen LogP contribution in [0.3, 0.4) is 0 Å². The molecule has 0 aliphatic heterocycles. The Morgan fingerprint density at radius 3 is 2.40 bits per heavy atom. The zero-order valence-electron chi connectivity index (χ0n) is 8.27. The Kier molecular flexibility index (Phi) is 2.67. The summed E-state index contributed by atoms with van der Waals surface area (Å²) in [6, 6.07) is 11.2. The van der Waals surface area contributed by atoms with Gasteiger partial charge in [-0.25, -0.2) is 0 Å². The largest absolute Gasteiger partial charge is 0.465 e. The highest BCUT2D eigenvalue weighted by Crippen LogP contribution is 2.34. The van der Waals surface area contributed by atoms with E-state index in [1.165, 1.54) is 0 Å². The van der Waals surface area contributed by atoms with Crippen LogP contribution in [0.2, 0.25) is 0 Å². The van der Waals surface area contributed by atoms with Gasteiger partial charge in [0.15, 0.2) is 5.76 Å². The van der Waals surface area contributed by atoms with E-state index in [9.17, 15) is 5.11 Å². The summed E-state index contributed by atoms with van der Waals surface area (Å²) < 4.78 is 6.06. The third kappa shape index (κ3) is 1.85. The minimum atomic E-state index is -1.11. The Bertz CT molecular complexity index is 446. The lowest BCUT2D eigenvalue weighted by Gasteiger charge is -2.21. The molecule has 0 radical (unpaired) electrons. The van der Waals surface area contributed by atoms with Gasteiger partial charge in [-0.05, 0) is 34.5 Å². The quantitative estimate of drug-likeness (QED) is 0.905. The van der Waals surface area contributed by atoms with Gasteiger partial charge >= 0.3 is 0 Å². The Labute approximate surface area is 96.7 Å². The second-order valence-electron chi connectivity index (χ2n) is 3.54. The van der Waals surface area contributed by atoms with Crippen molar-refractivity contribution in [3.05, 3.63) is 58.5 Å². The van der Waals surface area contributed by atoms with Crippen LogP contribution in [-0.2, 0) is 5.60 Å². The van der Waals surface area contributed by atoms with E-state index < -0.39 is 5.60 Å². The fourth-order valence-electron chi connectivity index (χ4n) is 1.53. The second-order valence-corrected chi connectivity index (χ2v) is 4.39. The zero-order chi connectivity index (χ0) is 10.9. The van der Waals surface area contributed by atoms with Gasteiger partial charge in [0.2, 0.25) is 0 Å². The average Bonchev–Trinajstić information content (AvgIpc) is 2.66. The first kappa shape index (κ1) is 10.5. The number of hydrogen-bond donors (Lipinski definition) is 1. The molecule has 1 unspecified atom stereocenters. The van der Waals surface area contributed by atoms with Gasteiger partial charge < -0.3 is 9.52 Å². The van der Waals surface area contributed by atoms with Crippen LogP contribution in [0.4, 0.5) is 0 Å². The van der Waals surface area contributed by atoms with Crippen LogP contribution in [0.25, 0.3) is 0 Å². The van der Waals surface area contributed by atoms with Crippen LogP contribution in [0.15, 0.2) is 51.6 Å². The van der Waals surface area contributed by atoms with Gasteiger partial charge in [0.25, 0.3) is 0 Å². The van der Waals surface area contributed by atoms with Gasteiger partial charge in [0.1, 0.15) is 5.60 Å². The summed E-state index contributed by atoms with van der Waals surface area (Å²) in [6.45, 7) is 1.71. The molecule has 0 aliphatic rings. The van der Waals surface area contributed by atoms with Crippen LogP contribution in [0.1, 0.15) is 18.2 Å². The van der Waals surface area contributed by atoms with Gasteiger partial charge in [-0.1, -0.05) is 30.3 Å². The van der Waals surface area contributed by atoms with E-state index in [0.717, 1.165) is 10.0 Å². The smallest absolute Gasteiger partial charge is 0.153 e. The first-order valence-corrected chi connectivity index (χ1v) is 5.43. The van der Waals surface area contributed by atoms with Crippen LogP contribution in [0, 0.1) is 0 Å². The molecule has 0 saturated carbocycles. The fourth-order valence-corrected chi connectivity index (χ4v) is 2.12. The van der Waals surface area contributed by atoms with Crippen LogP contribution in [0.5, 0.6) is 0 Å². The molecule has 2 nitrogen and oxygen atoms in total. The number of furan rings is 1.